The summed E-state index contributed by atoms with van der Waals surface area (Å²) in [4.78, 5) is 0. The van der Waals surface area contributed by atoms with Gasteiger partial charge in [-0.1, -0.05) is 19.8 Å². The number of hydrogen-bond donors (Lipinski definition) is 0. The van der Waals surface area contributed by atoms with Gasteiger partial charge in [-0.05, 0) is 62.4 Å². The molecule has 0 radical (unpaired) electrons. The topological polar surface area (TPSA) is 9.23 Å². The molecule has 2 aliphatic rings. The minimum Gasteiger partial charge on any atom is -0.378 e. The maximum atomic E-state index is 12.9. The smallest absolute Gasteiger partial charge is 0.378 e. The Bertz CT molecular complexity index is 361. The van der Waals surface area contributed by atoms with Crippen molar-refractivity contribution in [2.75, 3.05) is 6.61 Å². The average Bonchev–Trinajstić information content (AvgIpc) is 2.47. The molecule has 0 amide bonds. The van der Waals surface area contributed by atoms with Crippen LogP contribution in [0.25, 0.3) is 0 Å². The summed E-state index contributed by atoms with van der Waals surface area (Å²) in [6.45, 7) is 3.06. The lowest BCUT2D eigenvalue weighted by Gasteiger charge is -2.31. The van der Waals surface area contributed by atoms with Gasteiger partial charge in [-0.3, -0.25) is 0 Å². The van der Waals surface area contributed by atoms with Crippen molar-refractivity contribution in [3.05, 3.63) is 11.9 Å². The van der Waals surface area contributed by atoms with Crippen LogP contribution in [-0.4, -0.2) is 18.9 Å². The summed E-state index contributed by atoms with van der Waals surface area (Å²) in [5, 5.41) is 0. The standard InChI is InChI=1S/C17H26F4O/c1-12-2-4-14(5-3-12)11-22-15-8-6-13(7-9-15)10-16(18)17(19,20)21/h10,12-15H,2-9,11H2,1H3. The summed E-state index contributed by atoms with van der Waals surface area (Å²) in [7, 11) is 0. The van der Waals surface area contributed by atoms with Gasteiger partial charge in [0.25, 0.3) is 0 Å². The highest BCUT2D eigenvalue weighted by Crippen LogP contribution is 2.34. The third kappa shape index (κ3) is 5.56. The Morgan fingerprint density at radius 2 is 1.59 bits per heavy atom. The number of rotatable bonds is 4. The molecule has 0 saturated heterocycles. The van der Waals surface area contributed by atoms with Crippen LogP contribution in [0.1, 0.15) is 58.3 Å². The van der Waals surface area contributed by atoms with E-state index in [9.17, 15) is 17.6 Å². The molecule has 0 aromatic carbocycles. The Morgan fingerprint density at radius 1 is 1.00 bits per heavy atom. The van der Waals surface area contributed by atoms with Crippen molar-refractivity contribution >= 4 is 0 Å². The van der Waals surface area contributed by atoms with E-state index in [2.05, 4.69) is 6.92 Å². The normalized spacial score (nSPS) is 34.7. The summed E-state index contributed by atoms with van der Waals surface area (Å²) in [5.74, 6) is -0.802. The van der Waals surface area contributed by atoms with Crippen molar-refractivity contribution in [2.24, 2.45) is 17.8 Å². The molecule has 2 saturated carbocycles. The minimum atomic E-state index is -4.84. The van der Waals surface area contributed by atoms with Gasteiger partial charge in [-0.15, -0.1) is 0 Å². The largest absolute Gasteiger partial charge is 0.442 e. The van der Waals surface area contributed by atoms with Gasteiger partial charge >= 0.3 is 6.18 Å². The first-order valence-electron chi connectivity index (χ1n) is 8.40. The van der Waals surface area contributed by atoms with Crippen LogP contribution in [0.3, 0.4) is 0 Å². The summed E-state index contributed by atoms with van der Waals surface area (Å²) in [6, 6.07) is 0. The first-order chi connectivity index (χ1) is 10.3. The second-order valence-corrected chi connectivity index (χ2v) is 7.01. The lowest BCUT2D eigenvalue weighted by molar-refractivity contribution is -0.109. The van der Waals surface area contributed by atoms with E-state index in [0.717, 1.165) is 31.4 Å². The van der Waals surface area contributed by atoms with E-state index < -0.39 is 12.0 Å². The van der Waals surface area contributed by atoms with E-state index in [1.54, 1.807) is 0 Å². The Morgan fingerprint density at radius 3 is 2.14 bits per heavy atom. The van der Waals surface area contributed by atoms with Crippen molar-refractivity contribution in [3.63, 3.8) is 0 Å². The minimum absolute atomic E-state index is 0.137. The summed E-state index contributed by atoms with van der Waals surface area (Å²) >= 11 is 0. The van der Waals surface area contributed by atoms with Gasteiger partial charge in [0.1, 0.15) is 0 Å². The molecule has 2 aliphatic carbocycles. The highest BCUT2D eigenvalue weighted by atomic mass is 19.4. The fourth-order valence-corrected chi connectivity index (χ4v) is 3.49. The third-order valence-electron chi connectivity index (χ3n) is 5.07. The molecule has 128 valence electrons. The van der Waals surface area contributed by atoms with Crippen molar-refractivity contribution in [3.8, 4) is 0 Å². The van der Waals surface area contributed by atoms with E-state index in [1.807, 2.05) is 0 Å². The van der Waals surface area contributed by atoms with Gasteiger partial charge in [0.15, 0.2) is 5.83 Å². The Labute approximate surface area is 130 Å². The molecule has 5 heteroatoms. The zero-order valence-electron chi connectivity index (χ0n) is 13.2. The van der Waals surface area contributed by atoms with E-state index in [4.69, 9.17) is 4.74 Å². The van der Waals surface area contributed by atoms with Crippen molar-refractivity contribution in [1.82, 2.24) is 0 Å². The molecular formula is C17H26F4O. The molecule has 2 fully saturated rings. The SMILES string of the molecule is CC1CCC(COC2CCC(C=C(F)C(F)(F)F)CC2)CC1. The first-order valence-corrected chi connectivity index (χ1v) is 8.40. The zero-order valence-corrected chi connectivity index (χ0v) is 13.2. The molecule has 0 aromatic heterocycles. The zero-order chi connectivity index (χ0) is 16.2. The van der Waals surface area contributed by atoms with Crippen LogP contribution in [-0.2, 0) is 4.74 Å². The quantitative estimate of drug-likeness (QED) is 0.594. The van der Waals surface area contributed by atoms with Gasteiger partial charge in [-0.25, -0.2) is 4.39 Å². The fraction of sp³-hybridized carbons (Fsp3) is 0.882. The van der Waals surface area contributed by atoms with Gasteiger partial charge in [0.05, 0.1) is 6.10 Å². The van der Waals surface area contributed by atoms with Crippen LogP contribution in [0.2, 0.25) is 0 Å². The lowest BCUT2D eigenvalue weighted by Crippen LogP contribution is -2.25. The molecule has 1 nitrogen and oxygen atoms in total. The number of halogens is 4. The van der Waals surface area contributed by atoms with Gasteiger partial charge in [-0.2, -0.15) is 13.2 Å². The Hall–Kier alpha value is -0.580. The van der Waals surface area contributed by atoms with E-state index in [-0.39, 0.29) is 12.0 Å². The Kier molecular flexibility index (Phi) is 6.30. The lowest BCUT2D eigenvalue weighted by atomic mass is 9.83. The molecule has 0 atom stereocenters. The van der Waals surface area contributed by atoms with Crippen molar-refractivity contribution in [2.45, 2.75) is 70.6 Å². The molecule has 0 aromatic rings. The molecular weight excluding hydrogens is 296 g/mol. The molecule has 2 rings (SSSR count). The highest BCUT2D eigenvalue weighted by Gasteiger charge is 2.35. The number of allylic oxidation sites excluding steroid dienone is 2. The van der Waals surface area contributed by atoms with Crippen molar-refractivity contribution < 1.29 is 22.3 Å². The maximum absolute atomic E-state index is 12.9. The van der Waals surface area contributed by atoms with Gasteiger partial charge in [0.2, 0.25) is 0 Å². The number of ether oxygens (including phenoxy) is 1. The van der Waals surface area contributed by atoms with E-state index in [1.165, 1.54) is 25.7 Å². The number of alkyl halides is 3. The highest BCUT2D eigenvalue weighted by molar-refractivity contribution is 5.03. The van der Waals surface area contributed by atoms with Crippen LogP contribution in [0.5, 0.6) is 0 Å². The second-order valence-electron chi connectivity index (χ2n) is 7.01. The molecule has 0 unspecified atom stereocenters. The van der Waals surface area contributed by atoms with Crippen LogP contribution in [0, 0.1) is 17.8 Å². The fourth-order valence-electron chi connectivity index (χ4n) is 3.49. The molecule has 0 aliphatic heterocycles. The van der Waals surface area contributed by atoms with E-state index >= 15 is 0 Å². The summed E-state index contributed by atoms with van der Waals surface area (Å²) < 4.78 is 55.4. The van der Waals surface area contributed by atoms with Crippen LogP contribution in [0.4, 0.5) is 17.6 Å². The summed E-state index contributed by atoms with van der Waals surface area (Å²) in [5.41, 5.74) is 0. The monoisotopic (exact) mass is 322 g/mol. The molecule has 0 N–H and O–H groups in total. The van der Waals surface area contributed by atoms with Crippen molar-refractivity contribution in [1.29, 1.82) is 0 Å². The van der Waals surface area contributed by atoms with E-state index in [0.29, 0.717) is 18.8 Å². The predicted molar refractivity (Wildman–Crippen MR) is 78.1 cm³/mol. The molecule has 0 spiro atoms. The third-order valence-corrected chi connectivity index (χ3v) is 5.07. The van der Waals surface area contributed by atoms with Crippen LogP contribution in [0.15, 0.2) is 11.9 Å². The average molecular weight is 322 g/mol. The number of hydrogen-bond acceptors (Lipinski definition) is 1. The predicted octanol–water partition coefficient (Wildman–Crippen LogP) is 5.80. The molecule has 0 bridgehead atoms. The van der Waals surface area contributed by atoms with Gasteiger partial charge in [0, 0.05) is 6.61 Å². The van der Waals surface area contributed by atoms with Gasteiger partial charge < -0.3 is 4.74 Å². The van der Waals surface area contributed by atoms with Crippen LogP contribution < -0.4 is 0 Å². The molecule has 22 heavy (non-hydrogen) atoms. The Balaban J connectivity index is 1.67. The first kappa shape index (κ1) is 17.8. The molecule has 0 heterocycles. The maximum Gasteiger partial charge on any atom is 0.442 e. The second kappa shape index (κ2) is 7.80. The summed E-state index contributed by atoms with van der Waals surface area (Å²) in [6.07, 6.45) is 3.63. The van der Waals surface area contributed by atoms with Crippen LogP contribution >= 0.6 is 0 Å².